The predicted molar refractivity (Wildman–Crippen MR) is 75.8 cm³/mol. The minimum absolute atomic E-state index is 0.0725. The van der Waals surface area contributed by atoms with Gasteiger partial charge in [0.2, 0.25) is 0 Å². The van der Waals surface area contributed by atoms with Crippen LogP contribution in [0.3, 0.4) is 0 Å². The van der Waals surface area contributed by atoms with Crippen LogP contribution in [0.1, 0.15) is 29.3 Å². The SMILES string of the molecule is Cc1c(O)cccc1C(=O)N(C)C(C)CC(N)=S. The maximum Gasteiger partial charge on any atom is 0.254 e. The lowest BCUT2D eigenvalue weighted by molar-refractivity contribution is 0.0747. The Morgan fingerprint density at radius 2 is 2.17 bits per heavy atom. The van der Waals surface area contributed by atoms with Crippen LogP contribution < -0.4 is 5.73 Å². The highest BCUT2D eigenvalue weighted by atomic mass is 32.1. The minimum atomic E-state index is -0.146. The zero-order chi connectivity index (χ0) is 13.9. The van der Waals surface area contributed by atoms with Gasteiger partial charge in [-0.1, -0.05) is 18.3 Å². The van der Waals surface area contributed by atoms with E-state index in [0.717, 1.165) is 0 Å². The van der Waals surface area contributed by atoms with Gasteiger partial charge in [-0.3, -0.25) is 4.79 Å². The van der Waals surface area contributed by atoms with Gasteiger partial charge in [-0.25, -0.2) is 0 Å². The Kier molecular flexibility index (Phi) is 4.67. The number of phenolic OH excluding ortho intramolecular Hbond substituents is 1. The molecule has 1 atom stereocenters. The summed E-state index contributed by atoms with van der Waals surface area (Å²) in [5, 5.41) is 9.60. The highest BCUT2D eigenvalue weighted by molar-refractivity contribution is 7.80. The summed E-state index contributed by atoms with van der Waals surface area (Å²) in [4.78, 5) is 14.2. The van der Waals surface area contributed by atoms with Gasteiger partial charge in [-0.2, -0.15) is 0 Å². The van der Waals surface area contributed by atoms with E-state index in [1.54, 1.807) is 37.1 Å². The van der Waals surface area contributed by atoms with Gasteiger partial charge in [0.1, 0.15) is 5.75 Å². The monoisotopic (exact) mass is 266 g/mol. The van der Waals surface area contributed by atoms with E-state index in [4.69, 9.17) is 18.0 Å². The Hall–Kier alpha value is -1.62. The number of nitrogens with zero attached hydrogens (tertiary/aromatic N) is 1. The van der Waals surface area contributed by atoms with Gasteiger partial charge in [0.25, 0.3) is 5.91 Å². The summed E-state index contributed by atoms with van der Waals surface area (Å²) in [6.45, 7) is 3.60. The third-order valence-electron chi connectivity index (χ3n) is 3.01. The summed E-state index contributed by atoms with van der Waals surface area (Å²) in [7, 11) is 1.70. The highest BCUT2D eigenvalue weighted by Crippen LogP contribution is 2.21. The van der Waals surface area contributed by atoms with Gasteiger partial charge in [-0.15, -0.1) is 0 Å². The number of carbonyl (C=O) groups is 1. The van der Waals surface area contributed by atoms with Crippen LogP contribution in [0.2, 0.25) is 0 Å². The van der Waals surface area contributed by atoms with Crippen LogP contribution in [-0.2, 0) is 0 Å². The maximum absolute atomic E-state index is 12.3. The Labute approximate surface area is 112 Å². The van der Waals surface area contributed by atoms with Crippen molar-refractivity contribution >= 4 is 23.1 Å². The quantitative estimate of drug-likeness (QED) is 0.816. The Morgan fingerprint density at radius 1 is 1.56 bits per heavy atom. The maximum atomic E-state index is 12.3. The molecule has 0 heterocycles. The van der Waals surface area contributed by atoms with Crippen LogP contribution in [0.4, 0.5) is 0 Å². The fourth-order valence-electron chi connectivity index (χ4n) is 1.67. The van der Waals surface area contributed by atoms with Crippen LogP contribution in [0.25, 0.3) is 0 Å². The molecule has 0 aliphatic heterocycles. The van der Waals surface area contributed by atoms with Crippen LogP contribution in [0.5, 0.6) is 5.75 Å². The summed E-state index contributed by atoms with van der Waals surface area (Å²) in [5.74, 6) is -0.0246. The van der Waals surface area contributed by atoms with Crippen molar-refractivity contribution in [1.82, 2.24) is 4.90 Å². The number of benzene rings is 1. The van der Waals surface area contributed by atoms with E-state index in [9.17, 15) is 9.90 Å². The van der Waals surface area contributed by atoms with E-state index in [-0.39, 0.29) is 17.7 Å². The van der Waals surface area contributed by atoms with Crippen molar-refractivity contribution in [2.45, 2.75) is 26.3 Å². The first-order valence-corrected chi connectivity index (χ1v) is 6.09. The van der Waals surface area contributed by atoms with Gasteiger partial charge in [0, 0.05) is 30.6 Å². The molecule has 3 N–H and O–H groups in total. The largest absolute Gasteiger partial charge is 0.508 e. The molecule has 0 aliphatic rings. The summed E-state index contributed by atoms with van der Waals surface area (Å²) in [6, 6.07) is 4.84. The van der Waals surface area contributed by atoms with E-state index < -0.39 is 0 Å². The molecule has 0 bridgehead atoms. The Morgan fingerprint density at radius 3 is 2.72 bits per heavy atom. The van der Waals surface area contributed by atoms with Crippen molar-refractivity contribution in [2.75, 3.05) is 7.05 Å². The molecule has 0 saturated carbocycles. The number of hydrogen-bond acceptors (Lipinski definition) is 3. The van der Waals surface area contributed by atoms with Crippen LogP contribution in [-0.4, -0.2) is 34.0 Å². The number of rotatable bonds is 4. The van der Waals surface area contributed by atoms with Crippen molar-refractivity contribution in [3.63, 3.8) is 0 Å². The number of thiocarbonyl (C=S) groups is 1. The lowest BCUT2D eigenvalue weighted by Gasteiger charge is -2.25. The Balaban J connectivity index is 2.93. The molecule has 98 valence electrons. The molecule has 0 aromatic heterocycles. The first-order valence-electron chi connectivity index (χ1n) is 5.68. The van der Waals surface area contributed by atoms with Gasteiger partial charge < -0.3 is 15.7 Å². The summed E-state index contributed by atoms with van der Waals surface area (Å²) >= 11 is 4.84. The zero-order valence-corrected chi connectivity index (χ0v) is 11.6. The first kappa shape index (κ1) is 14.4. The molecular weight excluding hydrogens is 248 g/mol. The molecule has 0 saturated heterocycles. The number of nitrogens with two attached hydrogens (primary N) is 1. The molecular formula is C13H18N2O2S. The normalized spacial score (nSPS) is 11.9. The van der Waals surface area contributed by atoms with Crippen molar-refractivity contribution in [2.24, 2.45) is 5.73 Å². The van der Waals surface area contributed by atoms with E-state index in [0.29, 0.717) is 22.5 Å². The number of amides is 1. The van der Waals surface area contributed by atoms with Crippen LogP contribution in [0, 0.1) is 6.92 Å². The number of carbonyl (C=O) groups excluding carboxylic acids is 1. The fraction of sp³-hybridized carbons (Fsp3) is 0.385. The van der Waals surface area contributed by atoms with Gasteiger partial charge >= 0.3 is 0 Å². The van der Waals surface area contributed by atoms with E-state index in [1.165, 1.54) is 0 Å². The third-order valence-corrected chi connectivity index (χ3v) is 3.18. The topological polar surface area (TPSA) is 66.6 Å². The molecule has 18 heavy (non-hydrogen) atoms. The molecule has 4 nitrogen and oxygen atoms in total. The van der Waals surface area contributed by atoms with Gasteiger partial charge in [0.15, 0.2) is 0 Å². The summed E-state index contributed by atoms with van der Waals surface area (Å²) < 4.78 is 0. The minimum Gasteiger partial charge on any atom is -0.508 e. The lowest BCUT2D eigenvalue weighted by Crippen LogP contribution is -2.37. The van der Waals surface area contributed by atoms with Crippen molar-refractivity contribution in [1.29, 1.82) is 0 Å². The Bertz CT molecular complexity index is 474. The van der Waals surface area contributed by atoms with Crippen molar-refractivity contribution < 1.29 is 9.90 Å². The predicted octanol–water partition coefficient (Wildman–Crippen LogP) is 1.84. The smallest absolute Gasteiger partial charge is 0.254 e. The second-order valence-electron chi connectivity index (χ2n) is 4.39. The van der Waals surface area contributed by atoms with E-state index in [2.05, 4.69) is 0 Å². The first-order chi connectivity index (χ1) is 8.34. The van der Waals surface area contributed by atoms with Crippen LogP contribution >= 0.6 is 12.2 Å². The molecule has 0 aliphatic carbocycles. The summed E-state index contributed by atoms with van der Waals surface area (Å²) in [5.41, 5.74) is 6.55. The molecule has 1 rings (SSSR count). The summed E-state index contributed by atoms with van der Waals surface area (Å²) in [6.07, 6.45) is 0.482. The second kappa shape index (κ2) is 5.82. The number of phenols is 1. The van der Waals surface area contributed by atoms with Gasteiger partial charge in [-0.05, 0) is 26.0 Å². The molecule has 1 unspecified atom stereocenters. The number of aromatic hydroxyl groups is 1. The average Bonchev–Trinajstić information content (AvgIpc) is 2.30. The molecule has 0 spiro atoms. The molecule has 0 radical (unpaired) electrons. The van der Waals surface area contributed by atoms with Crippen molar-refractivity contribution in [3.8, 4) is 5.75 Å². The zero-order valence-electron chi connectivity index (χ0n) is 10.8. The molecule has 1 aromatic carbocycles. The standard InChI is InChI=1S/C13H18N2O2S/c1-8(7-12(14)18)15(3)13(17)10-5-4-6-11(16)9(10)2/h4-6,8,16H,7H2,1-3H3,(H2,14,18). The van der Waals surface area contributed by atoms with Crippen LogP contribution in [0.15, 0.2) is 18.2 Å². The molecule has 1 aromatic rings. The second-order valence-corrected chi connectivity index (χ2v) is 4.91. The average molecular weight is 266 g/mol. The van der Waals surface area contributed by atoms with Gasteiger partial charge in [0.05, 0.1) is 4.99 Å². The van der Waals surface area contributed by atoms with E-state index in [1.807, 2.05) is 6.92 Å². The molecule has 5 heteroatoms. The van der Waals surface area contributed by atoms with Crippen molar-refractivity contribution in [3.05, 3.63) is 29.3 Å². The molecule has 1 amide bonds. The fourth-order valence-corrected chi connectivity index (χ4v) is 1.91. The van der Waals surface area contributed by atoms with E-state index >= 15 is 0 Å². The number of hydrogen-bond donors (Lipinski definition) is 2. The lowest BCUT2D eigenvalue weighted by atomic mass is 10.1. The molecule has 0 fully saturated rings. The highest BCUT2D eigenvalue weighted by Gasteiger charge is 2.20. The third kappa shape index (κ3) is 3.20.